The molecule has 0 atom stereocenters. The van der Waals surface area contributed by atoms with Crippen molar-refractivity contribution in [3.8, 4) is 0 Å². The van der Waals surface area contributed by atoms with E-state index in [4.69, 9.17) is 4.42 Å². The Morgan fingerprint density at radius 2 is 2.11 bits per heavy atom. The van der Waals surface area contributed by atoms with Gasteiger partial charge in [-0.25, -0.2) is 0 Å². The second kappa shape index (κ2) is 4.78. The number of benzene rings is 1. The summed E-state index contributed by atoms with van der Waals surface area (Å²) in [5.41, 5.74) is 1.99. The van der Waals surface area contributed by atoms with Gasteiger partial charge in [0.25, 0.3) is 0 Å². The molecule has 18 heavy (non-hydrogen) atoms. The van der Waals surface area contributed by atoms with Crippen molar-refractivity contribution >= 4 is 28.1 Å². The molecule has 0 bridgehead atoms. The van der Waals surface area contributed by atoms with Crippen LogP contribution in [0.15, 0.2) is 51.6 Å². The highest BCUT2D eigenvalue weighted by molar-refractivity contribution is 7.07. The molecule has 2 aromatic heterocycles. The van der Waals surface area contributed by atoms with Crippen molar-refractivity contribution in [2.45, 2.75) is 12.8 Å². The molecule has 3 aromatic rings. The van der Waals surface area contributed by atoms with E-state index in [1.165, 1.54) is 5.56 Å². The molecule has 0 aliphatic carbocycles. The fourth-order valence-electron chi connectivity index (χ4n) is 1.94. The smallest absolute Gasteiger partial charge is 0.198 e. The summed E-state index contributed by atoms with van der Waals surface area (Å²) in [4.78, 5) is 12.0. The second-order valence-corrected chi connectivity index (χ2v) is 4.98. The minimum Gasteiger partial charge on any atom is -0.453 e. The van der Waals surface area contributed by atoms with Gasteiger partial charge < -0.3 is 4.42 Å². The van der Waals surface area contributed by atoms with E-state index in [0.717, 1.165) is 17.4 Å². The molecule has 0 unspecified atom stereocenters. The lowest BCUT2D eigenvalue weighted by Crippen LogP contribution is -1.98. The molecule has 3 heteroatoms. The average Bonchev–Trinajstić information content (AvgIpc) is 3.04. The van der Waals surface area contributed by atoms with Crippen LogP contribution < -0.4 is 0 Å². The average molecular weight is 256 g/mol. The number of carbonyl (C=O) groups excluding carboxylic acids is 1. The summed E-state index contributed by atoms with van der Waals surface area (Å²) in [6.45, 7) is 0. The minimum atomic E-state index is 0.0670. The van der Waals surface area contributed by atoms with Crippen LogP contribution in [0.4, 0.5) is 0 Å². The van der Waals surface area contributed by atoms with E-state index in [9.17, 15) is 4.79 Å². The number of ketones is 1. The van der Waals surface area contributed by atoms with Crippen molar-refractivity contribution in [2.24, 2.45) is 0 Å². The number of rotatable bonds is 4. The molecule has 1 aromatic carbocycles. The van der Waals surface area contributed by atoms with Gasteiger partial charge >= 0.3 is 0 Å². The predicted octanol–water partition coefficient (Wildman–Crippen LogP) is 4.31. The van der Waals surface area contributed by atoms with Gasteiger partial charge in [0.2, 0.25) is 0 Å². The van der Waals surface area contributed by atoms with Gasteiger partial charge in [0.1, 0.15) is 5.58 Å². The van der Waals surface area contributed by atoms with Crippen molar-refractivity contribution in [3.05, 3.63) is 58.5 Å². The summed E-state index contributed by atoms with van der Waals surface area (Å²) in [5, 5.41) is 5.09. The zero-order valence-corrected chi connectivity index (χ0v) is 10.6. The van der Waals surface area contributed by atoms with Crippen LogP contribution in [0.3, 0.4) is 0 Å². The Kier molecular flexibility index (Phi) is 2.99. The summed E-state index contributed by atoms with van der Waals surface area (Å²) in [7, 11) is 0. The molecule has 2 nitrogen and oxygen atoms in total. The van der Waals surface area contributed by atoms with Gasteiger partial charge in [-0.15, -0.1) is 0 Å². The number of fused-ring (bicyclic) bond motifs is 1. The van der Waals surface area contributed by atoms with E-state index in [-0.39, 0.29) is 5.78 Å². The predicted molar refractivity (Wildman–Crippen MR) is 73.2 cm³/mol. The molecule has 3 rings (SSSR count). The van der Waals surface area contributed by atoms with Crippen LogP contribution in [-0.4, -0.2) is 5.78 Å². The van der Waals surface area contributed by atoms with E-state index in [1.807, 2.05) is 35.7 Å². The first kappa shape index (κ1) is 11.2. The Hall–Kier alpha value is -1.87. The van der Waals surface area contributed by atoms with Crippen LogP contribution in [-0.2, 0) is 6.42 Å². The Morgan fingerprint density at radius 1 is 1.22 bits per heavy atom. The van der Waals surface area contributed by atoms with E-state index < -0.39 is 0 Å². The molecule has 0 amide bonds. The monoisotopic (exact) mass is 256 g/mol. The summed E-state index contributed by atoms with van der Waals surface area (Å²) >= 11 is 1.66. The molecular formula is C15H12O2S. The number of aryl methyl sites for hydroxylation is 1. The lowest BCUT2D eigenvalue weighted by Gasteiger charge is -1.95. The number of Topliss-reactive ketones (excluding diaryl/α,β-unsaturated/α-hetero) is 1. The molecule has 0 saturated carbocycles. The summed E-state index contributed by atoms with van der Waals surface area (Å²) < 4.78 is 5.55. The molecule has 0 saturated heterocycles. The molecule has 90 valence electrons. The van der Waals surface area contributed by atoms with Crippen LogP contribution in [0.25, 0.3) is 11.0 Å². The normalized spacial score (nSPS) is 10.9. The van der Waals surface area contributed by atoms with Crippen molar-refractivity contribution in [2.75, 3.05) is 0 Å². The van der Waals surface area contributed by atoms with E-state index in [2.05, 4.69) is 11.4 Å². The first-order valence-electron chi connectivity index (χ1n) is 5.86. The molecule has 2 heterocycles. The van der Waals surface area contributed by atoms with Crippen LogP contribution in [0.5, 0.6) is 0 Å². The van der Waals surface area contributed by atoms with E-state index in [1.54, 1.807) is 11.3 Å². The van der Waals surface area contributed by atoms with E-state index in [0.29, 0.717) is 12.2 Å². The number of furan rings is 1. The van der Waals surface area contributed by atoms with Gasteiger partial charge in [-0.2, -0.15) is 11.3 Å². The molecule has 0 aliphatic rings. The number of hydrogen-bond acceptors (Lipinski definition) is 3. The van der Waals surface area contributed by atoms with Gasteiger partial charge in [0, 0.05) is 11.8 Å². The third kappa shape index (κ3) is 2.22. The van der Waals surface area contributed by atoms with Gasteiger partial charge in [0.15, 0.2) is 11.5 Å². The standard InChI is InChI=1S/C15H12O2S/c16-13(6-5-11-7-8-18-10-11)15-9-12-3-1-2-4-14(12)17-15/h1-4,7-10H,5-6H2. The Labute approximate surface area is 109 Å². The molecule has 0 radical (unpaired) electrons. The fraction of sp³-hybridized carbons (Fsp3) is 0.133. The maximum atomic E-state index is 12.0. The maximum absolute atomic E-state index is 12.0. The Bertz CT molecular complexity index is 632. The van der Waals surface area contributed by atoms with Gasteiger partial charge in [-0.3, -0.25) is 4.79 Å². The maximum Gasteiger partial charge on any atom is 0.198 e. The third-order valence-electron chi connectivity index (χ3n) is 2.92. The topological polar surface area (TPSA) is 30.2 Å². The quantitative estimate of drug-likeness (QED) is 0.651. The highest BCUT2D eigenvalue weighted by atomic mass is 32.1. The number of para-hydroxylation sites is 1. The highest BCUT2D eigenvalue weighted by Crippen LogP contribution is 2.20. The summed E-state index contributed by atoms with van der Waals surface area (Å²) in [6, 6.07) is 11.6. The number of hydrogen-bond donors (Lipinski definition) is 0. The first-order valence-corrected chi connectivity index (χ1v) is 6.80. The second-order valence-electron chi connectivity index (χ2n) is 4.20. The minimum absolute atomic E-state index is 0.0670. The van der Waals surface area contributed by atoms with Crippen molar-refractivity contribution in [3.63, 3.8) is 0 Å². The molecule has 0 N–H and O–H groups in total. The Morgan fingerprint density at radius 3 is 2.89 bits per heavy atom. The first-order chi connectivity index (χ1) is 8.83. The molecular weight excluding hydrogens is 244 g/mol. The van der Waals surface area contributed by atoms with Crippen LogP contribution in [0, 0.1) is 0 Å². The fourth-order valence-corrected chi connectivity index (χ4v) is 2.64. The summed E-state index contributed by atoms with van der Waals surface area (Å²) in [5.74, 6) is 0.531. The van der Waals surface area contributed by atoms with Crippen LogP contribution in [0.1, 0.15) is 22.5 Å². The lowest BCUT2D eigenvalue weighted by molar-refractivity contribution is 0.0958. The van der Waals surface area contributed by atoms with Crippen molar-refractivity contribution in [1.82, 2.24) is 0 Å². The summed E-state index contributed by atoms with van der Waals surface area (Å²) in [6.07, 6.45) is 1.27. The van der Waals surface area contributed by atoms with Gasteiger partial charge in [0.05, 0.1) is 0 Å². The molecule has 0 aliphatic heterocycles. The number of carbonyl (C=O) groups is 1. The van der Waals surface area contributed by atoms with Crippen LogP contribution in [0.2, 0.25) is 0 Å². The van der Waals surface area contributed by atoms with Crippen LogP contribution >= 0.6 is 11.3 Å². The zero-order chi connectivity index (χ0) is 12.4. The van der Waals surface area contributed by atoms with Gasteiger partial charge in [-0.1, -0.05) is 18.2 Å². The highest BCUT2D eigenvalue weighted by Gasteiger charge is 2.12. The van der Waals surface area contributed by atoms with Crippen molar-refractivity contribution < 1.29 is 9.21 Å². The Balaban J connectivity index is 1.75. The zero-order valence-electron chi connectivity index (χ0n) is 9.76. The largest absolute Gasteiger partial charge is 0.453 e. The SMILES string of the molecule is O=C(CCc1ccsc1)c1cc2ccccc2o1. The third-order valence-corrected chi connectivity index (χ3v) is 3.65. The van der Waals surface area contributed by atoms with Gasteiger partial charge in [-0.05, 0) is 40.9 Å². The molecule has 0 spiro atoms. The lowest BCUT2D eigenvalue weighted by atomic mass is 10.1. The van der Waals surface area contributed by atoms with E-state index >= 15 is 0 Å². The number of thiophene rings is 1. The molecule has 0 fully saturated rings. The van der Waals surface area contributed by atoms with Crippen molar-refractivity contribution in [1.29, 1.82) is 0 Å².